The maximum Gasteiger partial charge on any atom is 0.251 e. The van der Waals surface area contributed by atoms with E-state index in [0.29, 0.717) is 17.1 Å². The molecule has 1 aliphatic rings. The normalized spacial score (nSPS) is 14.5. The zero-order chi connectivity index (χ0) is 21.8. The lowest BCUT2D eigenvalue weighted by Crippen LogP contribution is -2.40. The van der Waals surface area contributed by atoms with Crippen LogP contribution in [0.5, 0.6) is 0 Å². The van der Waals surface area contributed by atoms with Crippen LogP contribution in [0.1, 0.15) is 33.1 Å². The average Bonchev–Trinajstić information content (AvgIpc) is 2.79. The monoisotopic (exact) mass is 433 g/mol. The molecule has 31 heavy (non-hydrogen) atoms. The van der Waals surface area contributed by atoms with Crippen LogP contribution < -0.4 is 10.2 Å². The lowest BCUT2D eigenvalue weighted by atomic mass is 9.96. The van der Waals surface area contributed by atoms with Gasteiger partial charge in [-0.1, -0.05) is 54.1 Å². The molecule has 0 fully saturated rings. The molecular formula is C26H28ClN3O. The number of halogens is 1. The molecule has 0 saturated heterocycles. The number of carbonyl (C=O) groups excluding carboxylic acids is 1. The molecule has 0 spiro atoms. The second-order valence-corrected chi connectivity index (χ2v) is 8.65. The average molecular weight is 434 g/mol. The van der Waals surface area contributed by atoms with Crippen molar-refractivity contribution in [2.24, 2.45) is 0 Å². The molecule has 0 bridgehead atoms. The fourth-order valence-corrected chi connectivity index (χ4v) is 4.35. The summed E-state index contributed by atoms with van der Waals surface area (Å²) in [6.07, 6.45) is 1.02. The van der Waals surface area contributed by atoms with E-state index in [1.54, 1.807) is 24.3 Å². The van der Waals surface area contributed by atoms with Crippen molar-refractivity contribution in [2.75, 3.05) is 32.1 Å². The van der Waals surface area contributed by atoms with Crippen LogP contribution in [0.3, 0.4) is 0 Å². The third-order valence-electron chi connectivity index (χ3n) is 5.94. The summed E-state index contributed by atoms with van der Waals surface area (Å²) in [6.45, 7) is 2.38. The first-order valence-electron chi connectivity index (χ1n) is 10.6. The van der Waals surface area contributed by atoms with Gasteiger partial charge in [-0.15, -0.1) is 0 Å². The molecule has 1 amide bonds. The third-order valence-corrected chi connectivity index (χ3v) is 6.17. The number of hydrogen-bond donors (Lipinski definition) is 1. The number of amides is 1. The molecule has 4 rings (SSSR count). The van der Waals surface area contributed by atoms with Crippen molar-refractivity contribution >= 4 is 23.2 Å². The number of hydrogen-bond acceptors (Lipinski definition) is 3. The molecule has 0 unspecified atom stereocenters. The number of fused-ring (bicyclic) bond motifs is 1. The number of nitrogens with one attached hydrogen (secondary N) is 1. The van der Waals surface area contributed by atoms with E-state index in [2.05, 4.69) is 63.6 Å². The highest BCUT2D eigenvalue weighted by Gasteiger charge is 2.25. The zero-order valence-electron chi connectivity index (χ0n) is 18.0. The van der Waals surface area contributed by atoms with Crippen LogP contribution in [0.2, 0.25) is 5.02 Å². The van der Waals surface area contributed by atoms with E-state index in [0.717, 1.165) is 25.2 Å². The van der Waals surface area contributed by atoms with Crippen molar-refractivity contribution in [1.29, 1.82) is 0 Å². The SMILES string of the molecule is CN(C)c1ccc([C@@H](CNC(=O)c2cccc(Cl)c2)N2CCc3ccccc3C2)cc1. The highest BCUT2D eigenvalue weighted by molar-refractivity contribution is 6.30. The highest BCUT2D eigenvalue weighted by Crippen LogP contribution is 2.29. The molecule has 5 heteroatoms. The fraction of sp³-hybridized carbons (Fsp3) is 0.269. The van der Waals surface area contributed by atoms with Gasteiger partial charge < -0.3 is 10.2 Å². The van der Waals surface area contributed by atoms with Crippen LogP contribution in [0.15, 0.2) is 72.8 Å². The maximum absolute atomic E-state index is 12.8. The van der Waals surface area contributed by atoms with E-state index < -0.39 is 0 Å². The Balaban J connectivity index is 1.56. The summed E-state index contributed by atoms with van der Waals surface area (Å²) >= 11 is 6.07. The molecule has 1 heterocycles. The molecule has 4 nitrogen and oxygen atoms in total. The molecular weight excluding hydrogens is 406 g/mol. The predicted octanol–water partition coefficient (Wildman–Crippen LogP) is 4.94. The van der Waals surface area contributed by atoms with Gasteiger partial charge in [0.05, 0.1) is 6.04 Å². The Labute approximate surface area is 189 Å². The summed E-state index contributed by atoms with van der Waals surface area (Å²) in [5.41, 5.74) is 5.73. The van der Waals surface area contributed by atoms with Crippen molar-refractivity contribution in [1.82, 2.24) is 10.2 Å². The Morgan fingerprint density at radius 3 is 2.48 bits per heavy atom. The molecule has 1 atom stereocenters. The minimum absolute atomic E-state index is 0.0905. The number of anilines is 1. The standard InChI is InChI=1S/C26H28ClN3O/c1-29(2)24-12-10-20(11-13-24)25(17-28-26(31)21-8-5-9-23(27)16-21)30-15-14-19-6-3-4-7-22(19)18-30/h3-13,16,25H,14-15,17-18H2,1-2H3,(H,28,31)/t25-/m1/s1. The Morgan fingerprint density at radius 1 is 1.03 bits per heavy atom. The molecule has 0 aliphatic carbocycles. The number of rotatable bonds is 6. The van der Waals surface area contributed by atoms with Gasteiger partial charge >= 0.3 is 0 Å². The summed E-state index contributed by atoms with van der Waals surface area (Å²) in [7, 11) is 4.08. The van der Waals surface area contributed by atoms with Crippen molar-refractivity contribution in [2.45, 2.75) is 19.0 Å². The third kappa shape index (κ3) is 5.09. The Bertz CT molecular complexity index is 1050. The van der Waals surface area contributed by atoms with Gasteiger partial charge in [0.15, 0.2) is 0 Å². The Kier molecular flexibility index (Phi) is 6.59. The molecule has 160 valence electrons. The molecule has 1 N–H and O–H groups in total. The van der Waals surface area contributed by atoms with E-state index in [-0.39, 0.29) is 11.9 Å². The molecule has 0 saturated carbocycles. The minimum Gasteiger partial charge on any atom is -0.378 e. The summed E-state index contributed by atoms with van der Waals surface area (Å²) in [5.74, 6) is -0.102. The molecule has 3 aromatic rings. The van der Waals surface area contributed by atoms with E-state index in [4.69, 9.17) is 11.6 Å². The quantitative estimate of drug-likeness (QED) is 0.598. The minimum atomic E-state index is -0.102. The lowest BCUT2D eigenvalue weighted by Gasteiger charge is -2.36. The first-order chi connectivity index (χ1) is 15.0. The van der Waals surface area contributed by atoms with Gasteiger partial charge in [0.2, 0.25) is 0 Å². The second-order valence-electron chi connectivity index (χ2n) is 8.21. The van der Waals surface area contributed by atoms with Gasteiger partial charge in [-0.05, 0) is 53.4 Å². The fourth-order valence-electron chi connectivity index (χ4n) is 4.16. The van der Waals surface area contributed by atoms with Crippen LogP contribution in [0.25, 0.3) is 0 Å². The van der Waals surface area contributed by atoms with Gasteiger partial charge in [0.1, 0.15) is 0 Å². The summed E-state index contributed by atoms with van der Waals surface area (Å²) in [4.78, 5) is 17.3. The maximum atomic E-state index is 12.8. The van der Waals surface area contributed by atoms with Crippen molar-refractivity contribution in [3.63, 3.8) is 0 Å². The van der Waals surface area contributed by atoms with Gasteiger partial charge in [-0.3, -0.25) is 9.69 Å². The van der Waals surface area contributed by atoms with Crippen LogP contribution in [0.4, 0.5) is 5.69 Å². The summed E-state index contributed by atoms with van der Waals surface area (Å²) in [6, 6.07) is 24.4. The Hall–Kier alpha value is -2.82. The van der Waals surface area contributed by atoms with Gasteiger partial charge in [0.25, 0.3) is 5.91 Å². The van der Waals surface area contributed by atoms with Crippen LogP contribution in [0, 0.1) is 0 Å². The van der Waals surface area contributed by atoms with E-state index in [1.807, 2.05) is 14.1 Å². The van der Waals surface area contributed by atoms with E-state index >= 15 is 0 Å². The topological polar surface area (TPSA) is 35.6 Å². The van der Waals surface area contributed by atoms with Crippen LogP contribution in [-0.4, -0.2) is 38.0 Å². The first kappa shape index (κ1) is 21.4. The summed E-state index contributed by atoms with van der Waals surface area (Å²) < 4.78 is 0. The number of benzene rings is 3. The smallest absolute Gasteiger partial charge is 0.251 e. The molecule has 1 aliphatic heterocycles. The number of nitrogens with zero attached hydrogens (tertiary/aromatic N) is 2. The van der Waals surface area contributed by atoms with Crippen molar-refractivity contribution in [3.8, 4) is 0 Å². The molecule has 0 aromatic heterocycles. The first-order valence-corrected chi connectivity index (χ1v) is 11.0. The predicted molar refractivity (Wildman–Crippen MR) is 128 cm³/mol. The van der Waals surface area contributed by atoms with Crippen molar-refractivity contribution in [3.05, 3.63) is 100 Å². The van der Waals surface area contributed by atoms with Gasteiger partial charge in [-0.25, -0.2) is 0 Å². The van der Waals surface area contributed by atoms with E-state index in [9.17, 15) is 4.79 Å². The highest BCUT2D eigenvalue weighted by atomic mass is 35.5. The second kappa shape index (κ2) is 9.54. The lowest BCUT2D eigenvalue weighted by molar-refractivity contribution is 0.0927. The van der Waals surface area contributed by atoms with Gasteiger partial charge in [-0.2, -0.15) is 0 Å². The largest absolute Gasteiger partial charge is 0.378 e. The molecule has 3 aromatic carbocycles. The van der Waals surface area contributed by atoms with Crippen LogP contribution in [-0.2, 0) is 13.0 Å². The van der Waals surface area contributed by atoms with Gasteiger partial charge in [0, 0.05) is 50.0 Å². The zero-order valence-corrected chi connectivity index (χ0v) is 18.8. The number of carbonyl (C=O) groups is 1. The van der Waals surface area contributed by atoms with Crippen molar-refractivity contribution < 1.29 is 4.79 Å². The summed E-state index contributed by atoms with van der Waals surface area (Å²) in [5, 5.41) is 3.70. The van der Waals surface area contributed by atoms with Crippen LogP contribution >= 0.6 is 11.6 Å². The molecule has 0 radical (unpaired) electrons. The van der Waals surface area contributed by atoms with E-state index in [1.165, 1.54) is 16.7 Å². The Morgan fingerprint density at radius 2 is 1.77 bits per heavy atom.